The van der Waals surface area contributed by atoms with Gasteiger partial charge in [-0.15, -0.1) is 0 Å². The first kappa shape index (κ1) is 14.7. The molecule has 0 fully saturated rings. The van der Waals surface area contributed by atoms with Crippen LogP contribution in [0.2, 0.25) is 39.3 Å². The highest BCUT2D eigenvalue weighted by Crippen LogP contribution is 2.22. The van der Waals surface area contributed by atoms with Gasteiger partial charge in [-0.2, -0.15) is 0 Å². The predicted molar refractivity (Wildman–Crippen MR) is 83.4 cm³/mol. The first-order valence-electron chi connectivity index (χ1n) is 6.44. The molecular weight excluding hydrogens is 238 g/mol. The lowest BCUT2D eigenvalue weighted by atomic mass is 10.2. The summed E-state index contributed by atoms with van der Waals surface area (Å²) in [7, 11) is -2.45. The van der Waals surface area contributed by atoms with Crippen LogP contribution in [0.4, 0.5) is 0 Å². The molecule has 0 aromatic heterocycles. The Morgan fingerprint density at radius 3 is 1.59 bits per heavy atom. The van der Waals surface area contributed by atoms with E-state index in [0.717, 1.165) is 6.54 Å². The Morgan fingerprint density at radius 1 is 0.824 bits per heavy atom. The summed E-state index contributed by atoms with van der Waals surface area (Å²) in [6.07, 6.45) is 0. The predicted octanol–water partition coefficient (Wildman–Crippen LogP) is 4.47. The molecule has 1 aromatic rings. The van der Waals surface area contributed by atoms with Gasteiger partial charge in [-0.3, -0.25) is 0 Å². The van der Waals surface area contributed by atoms with Crippen LogP contribution in [0.25, 0.3) is 0 Å². The third kappa shape index (κ3) is 4.41. The fourth-order valence-corrected chi connectivity index (χ4v) is 11.7. The van der Waals surface area contributed by atoms with Crippen molar-refractivity contribution in [2.45, 2.75) is 52.8 Å². The summed E-state index contributed by atoms with van der Waals surface area (Å²) in [6, 6.07) is 9.01. The van der Waals surface area contributed by atoms with E-state index in [1.54, 1.807) is 0 Å². The van der Waals surface area contributed by atoms with Crippen LogP contribution in [0, 0.1) is 6.92 Å². The zero-order valence-corrected chi connectivity index (χ0v) is 14.5. The van der Waals surface area contributed by atoms with Crippen molar-refractivity contribution in [3.8, 4) is 0 Å². The van der Waals surface area contributed by atoms with Crippen molar-refractivity contribution in [3.05, 3.63) is 35.4 Å². The third-order valence-corrected chi connectivity index (χ3v) is 10.7. The van der Waals surface area contributed by atoms with Gasteiger partial charge in [-0.25, -0.2) is 0 Å². The standard InChI is InChI=1S/C14H27NSi2/c1-13-8-10-14(11-9-13)12-15(16(2,3)4)17(5,6)7/h8-11H,12H2,1-7H3. The molecule has 96 valence electrons. The van der Waals surface area contributed by atoms with Crippen LogP contribution in [0.15, 0.2) is 24.3 Å². The lowest BCUT2D eigenvalue weighted by Crippen LogP contribution is -2.58. The molecule has 0 saturated carbocycles. The smallest absolute Gasteiger partial charge is 0.112 e. The average Bonchev–Trinajstić information content (AvgIpc) is 2.13. The van der Waals surface area contributed by atoms with Gasteiger partial charge in [0.1, 0.15) is 16.5 Å². The molecule has 0 aliphatic carbocycles. The second kappa shape index (κ2) is 5.08. The molecule has 0 unspecified atom stereocenters. The van der Waals surface area contributed by atoms with Gasteiger partial charge in [0.2, 0.25) is 0 Å². The summed E-state index contributed by atoms with van der Waals surface area (Å²) >= 11 is 0. The average molecular weight is 266 g/mol. The Hall–Kier alpha value is -0.386. The quantitative estimate of drug-likeness (QED) is 0.726. The molecule has 1 aromatic carbocycles. The van der Waals surface area contributed by atoms with E-state index in [2.05, 4.69) is 74.7 Å². The van der Waals surface area contributed by atoms with E-state index < -0.39 is 16.5 Å². The summed E-state index contributed by atoms with van der Waals surface area (Å²) in [6.45, 7) is 18.0. The van der Waals surface area contributed by atoms with E-state index >= 15 is 0 Å². The van der Waals surface area contributed by atoms with Gasteiger partial charge >= 0.3 is 0 Å². The van der Waals surface area contributed by atoms with Crippen molar-refractivity contribution >= 4 is 16.5 Å². The summed E-state index contributed by atoms with van der Waals surface area (Å²) in [5.41, 5.74) is 2.81. The second-order valence-electron chi connectivity index (χ2n) is 6.91. The Labute approximate surface area is 109 Å². The lowest BCUT2D eigenvalue weighted by Gasteiger charge is -2.43. The molecule has 3 heteroatoms. The summed E-state index contributed by atoms with van der Waals surface area (Å²) < 4.78 is 2.82. The topological polar surface area (TPSA) is 3.24 Å². The van der Waals surface area contributed by atoms with Crippen LogP contribution < -0.4 is 0 Å². The highest BCUT2D eigenvalue weighted by molar-refractivity contribution is 6.89. The Balaban J connectivity index is 2.92. The van der Waals surface area contributed by atoms with E-state index in [0.29, 0.717) is 0 Å². The van der Waals surface area contributed by atoms with E-state index in [9.17, 15) is 0 Å². The third-order valence-electron chi connectivity index (χ3n) is 3.08. The van der Waals surface area contributed by atoms with E-state index in [1.807, 2.05) is 0 Å². The molecule has 0 radical (unpaired) electrons. The molecule has 1 nitrogen and oxygen atoms in total. The van der Waals surface area contributed by atoms with Crippen molar-refractivity contribution in [1.29, 1.82) is 0 Å². The molecule has 0 atom stereocenters. The van der Waals surface area contributed by atoms with Crippen LogP contribution in [-0.2, 0) is 6.54 Å². The number of aryl methyl sites for hydroxylation is 1. The van der Waals surface area contributed by atoms with Gasteiger partial charge in [0.05, 0.1) is 0 Å². The molecular formula is C14H27NSi2. The maximum absolute atomic E-state index is 2.82. The summed E-state index contributed by atoms with van der Waals surface area (Å²) in [4.78, 5) is 0. The number of hydrogen-bond acceptors (Lipinski definition) is 1. The van der Waals surface area contributed by atoms with Crippen molar-refractivity contribution in [2.24, 2.45) is 0 Å². The number of nitrogens with zero attached hydrogens (tertiary/aromatic N) is 1. The molecule has 0 spiro atoms. The monoisotopic (exact) mass is 265 g/mol. The van der Waals surface area contributed by atoms with Crippen LogP contribution in [0.1, 0.15) is 11.1 Å². The lowest BCUT2D eigenvalue weighted by molar-refractivity contribution is 0.611. The maximum atomic E-state index is 2.82. The zero-order valence-electron chi connectivity index (χ0n) is 12.5. The SMILES string of the molecule is Cc1ccc(CN([Si](C)(C)C)[Si](C)(C)C)cc1. The molecule has 17 heavy (non-hydrogen) atoms. The number of hydrogen-bond donors (Lipinski definition) is 0. The van der Waals surface area contributed by atoms with E-state index in [1.165, 1.54) is 11.1 Å². The van der Waals surface area contributed by atoms with Gasteiger partial charge in [0, 0.05) is 6.54 Å². The van der Waals surface area contributed by atoms with E-state index in [-0.39, 0.29) is 0 Å². The zero-order chi connectivity index (χ0) is 13.3. The van der Waals surface area contributed by atoms with Crippen molar-refractivity contribution in [2.75, 3.05) is 0 Å². The molecule has 0 aliphatic heterocycles. The fourth-order valence-electron chi connectivity index (χ4n) is 2.36. The number of rotatable bonds is 4. The van der Waals surface area contributed by atoms with Gasteiger partial charge in [-0.05, 0) is 12.5 Å². The highest BCUT2D eigenvalue weighted by atomic mass is 28.4. The van der Waals surface area contributed by atoms with Gasteiger partial charge < -0.3 is 4.23 Å². The highest BCUT2D eigenvalue weighted by Gasteiger charge is 2.33. The molecule has 0 N–H and O–H groups in total. The summed E-state index contributed by atoms with van der Waals surface area (Å²) in [5, 5.41) is 0. The van der Waals surface area contributed by atoms with Crippen LogP contribution >= 0.6 is 0 Å². The molecule has 0 saturated heterocycles. The van der Waals surface area contributed by atoms with Crippen LogP contribution in [0.3, 0.4) is 0 Å². The Kier molecular flexibility index (Phi) is 4.39. The second-order valence-corrected chi connectivity index (χ2v) is 17.1. The van der Waals surface area contributed by atoms with Gasteiger partial charge in [0.25, 0.3) is 0 Å². The molecule has 0 bridgehead atoms. The molecule has 0 heterocycles. The van der Waals surface area contributed by atoms with Crippen molar-refractivity contribution in [1.82, 2.24) is 4.23 Å². The minimum Gasteiger partial charge on any atom is -0.342 e. The normalized spacial score (nSPS) is 13.2. The van der Waals surface area contributed by atoms with Crippen molar-refractivity contribution in [3.63, 3.8) is 0 Å². The van der Waals surface area contributed by atoms with E-state index in [4.69, 9.17) is 0 Å². The maximum Gasteiger partial charge on any atom is 0.112 e. The van der Waals surface area contributed by atoms with Crippen LogP contribution in [-0.4, -0.2) is 20.7 Å². The first-order valence-corrected chi connectivity index (χ1v) is 13.3. The molecule has 0 amide bonds. The van der Waals surface area contributed by atoms with Gasteiger partial charge in [-0.1, -0.05) is 69.1 Å². The Bertz CT molecular complexity index is 343. The molecule has 1 rings (SSSR count). The van der Waals surface area contributed by atoms with Crippen molar-refractivity contribution < 1.29 is 0 Å². The fraction of sp³-hybridized carbons (Fsp3) is 0.571. The minimum absolute atomic E-state index is 1.13. The minimum atomic E-state index is -1.22. The largest absolute Gasteiger partial charge is 0.342 e. The molecule has 0 aliphatic rings. The first-order chi connectivity index (χ1) is 7.60. The summed E-state index contributed by atoms with van der Waals surface area (Å²) in [5.74, 6) is 0. The van der Waals surface area contributed by atoms with Crippen LogP contribution in [0.5, 0.6) is 0 Å². The van der Waals surface area contributed by atoms with Gasteiger partial charge in [0.15, 0.2) is 0 Å². The number of benzene rings is 1. The Morgan fingerprint density at radius 2 is 1.24 bits per heavy atom.